The van der Waals surface area contributed by atoms with Crippen LogP contribution in [0.5, 0.6) is 0 Å². The summed E-state index contributed by atoms with van der Waals surface area (Å²) in [5.74, 6) is 0.349. The SMILES string of the molecule is Cc1ccccc1C(C)c1c(C)ccc2c1N=CNS2. The molecule has 0 saturated carbocycles. The molecule has 2 aromatic rings. The minimum atomic E-state index is 0.349. The van der Waals surface area contributed by atoms with Crippen molar-refractivity contribution in [2.24, 2.45) is 4.99 Å². The van der Waals surface area contributed by atoms with Crippen LogP contribution in [0.1, 0.15) is 35.1 Å². The van der Waals surface area contributed by atoms with Gasteiger partial charge in [0.1, 0.15) is 0 Å². The summed E-state index contributed by atoms with van der Waals surface area (Å²) < 4.78 is 3.10. The Bertz CT molecular complexity index is 677. The Balaban J connectivity index is 2.16. The number of benzene rings is 2. The summed E-state index contributed by atoms with van der Waals surface area (Å²) in [6.07, 6.45) is 1.78. The van der Waals surface area contributed by atoms with Gasteiger partial charge in [0.15, 0.2) is 0 Å². The zero-order valence-corrected chi connectivity index (χ0v) is 12.8. The van der Waals surface area contributed by atoms with Gasteiger partial charge in [-0.1, -0.05) is 37.3 Å². The number of nitrogens with one attached hydrogen (secondary N) is 1. The van der Waals surface area contributed by atoms with Gasteiger partial charge in [-0.3, -0.25) is 0 Å². The smallest absolute Gasteiger partial charge is 0.0988 e. The summed E-state index contributed by atoms with van der Waals surface area (Å²) in [5, 5.41) is 0. The Morgan fingerprint density at radius 1 is 1.05 bits per heavy atom. The van der Waals surface area contributed by atoms with Gasteiger partial charge in [-0.25, -0.2) is 4.99 Å². The van der Waals surface area contributed by atoms with Crippen LogP contribution in [0.2, 0.25) is 0 Å². The van der Waals surface area contributed by atoms with Crippen molar-refractivity contribution in [3.63, 3.8) is 0 Å². The molecule has 2 nitrogen and oxygen atoms in total. The summed E-state index contributed by atoms with van der Waals surface area (Å²) in [7, 11) is 0. The summed E-state index contributed by atoms with van der Waals surface area (Å²) in [6, 6.07) is 12.9. The number of nitrogens with zero attached hydrogens (tertiary/aromatic N) is 1. The van der Waals surface area contributed by atoms with E-state index >= 15 is 0 Å². The Kier molecular flexibility index (Phi) is 3.53. The van der Waals surface area contributed by atoms with Gasteiger partial charge < -0.3 is 4.72 Å². The van der Waals surface area contributed by atoms with Crippen molar-refractivity contribution in [3.8, 4) is 0 Å². The standard InChI is InChI=1S/C17H18N2S/c1-11-6-4-5-7-14(11)13(3)16-12(2)8-9-15-17(16)18-10-19-20-15/h4-10,13H,1-3H3,(H,18,19). The fraction of sp³-hybridized carbons (Fsp3) is 0.235. The molecule has 102 valence electrons. The maximum atomic E-state index is 4.57. The molecule has 2 aromatic carbocycles. The highest BCUT2D eigenvalue weighted by molar-refractivity contribution is 7.98. The number of rotatable bonds is 2. The van der Waals surface area contributed by atoms with E-state index in [1.807, 2.05) is 0 Å². The first-order valence-corrected chi connectivity index (χ1v) is 7.64. The van der Waals surface area contributed by atoms with E-state index in [0.29, 0.717) is 5.92 Å². The zero-order chi connectivity index (χ0) is 14.1. The van der Waals surface area contributed by atoms with Gasteiger partial charge in [-0.15, -0.1) is 0 Å². The molecule has 1 heterocycles. The molecule has 0 radical (unpaired) electrons. The Labute approximate surface area is 124 Å². The van der Waals surface area contributed by atoms with Crippen molar-refractivity contribution < 1.29 is 0 Å². The predicted octanol–water partition coefficient (Wildman–Crippen LogP) is 4.73. The molecule has 0 bridgehead atoms. The van der Waals surface area contributed by atoms with E-state index in [2.05, 4.69) is 66.9 Å². The maximum absolute atomic E-state index is 4.57. The molecule has 20 heavy (non-hydrogen) atoms. The second-order valence-electron chi connectivity index (χ2n) is 5.20. The second kappa shape index (κ2) is 5.33. The van der Waals surface area contributed by atoms with Crippen LogP contribution < -0.4 is 4.72 Å². The zero-order valence-electron chi connectivity index (χ0n) is 12.0. The third kappa shape index (κ3) is 2.22. The molecule has 0 spiro atoms. The molecule has 1 N–H and O–H groups in total. The lowest BCUT2D eigenvalue weighted by molar-refractivity contribution is 0.892. The van der Waals surface area contributed by atoms with E-state index in [9.17, 15) is 0 Å². The van der Waals surface area contributed by atoms with Crippen LogP contribution in [0.4, 0.5) is 5.69 Å². The Hall–Kier alpha value is -1.74. The third-order valence-corrected chi connectivity index (χ3v) is 4.67. The van der Waals surface area contributed by atoms with Gasteiger partial charge >= 0.3 is 0 Å². The molecule has 3 heteroatoms. The van der Waals surface area contributed by atoms with Gasteiger partial charge in [-0.2, -0.15) is 0 Å². The monoisotopic (exact) mass is 282 g/mol. The molecule has 1 unspecified atom stereocenters. The first-order valence-electron chi connectivity index (χ1n) is 6.82. The molecule has 0 aromatic heterocycles. The molecule has 3 rings (SSSR count). The normalized spacial score (nSPS) is 14.6. The third-order valence-electron chi connectivity index (χ3n) is 3.90. The topological polar surface area (TPSA) is 24.4 Å². The molecule has 1 aliphatic heterocycles. The molecule has 1 aliphatic rings. The van der Waals surface area contributed by atoms with E-state index in [0.717, 1.165) is 5.69 Å². The fourth-order valence-electron chi connectivity index (χ4n) is 2.86. The van der Waals surface area contributed by atoms with Gasteiger partial charge in [-0.05, 0) is 54.1 Å². The second-order valence-corrected chi connectivity index (χ2v) is 6.08. The molecule has 0 saturated heterocycles. The average molecular weight is 282 g/mol. The van der Waals surface area contributed by atoms with E-state index in [1.165, 1.54) is 27.1 Å². The first-order chi connectivity index (χ1) is 9.68. The quantitative estimate of drug-likeness (QED) is 0.806. The van der Waals surface area contributed by atoms with Gasteiger partial charge in [0.25, 0.3) is 0 Å². The lowest BCUT2D eigenvalue weighted by Gasteiger charge is -2.22. The first kappa shape index (κ1) is 13.3. The van der Waals surface area contributed by atoms with Crippen molar-refractivity contribution in [1.82, 2.24) is 4.72 Å². The average Bonchev–Trinajstić information content (AvgIpc) is 2.47. The van der Waals surface area contributed by atoms with Crippen LogP contribution in [0.15, 0.2) is 46.3 Å². The Morgan fingerprint density at radius 3 is 2.65 bits per heavy atom. The van der Waals surface area contributed by atoms with E-state index in [-0.39, 0.29) is 0 Å². The minimum Gasteiger partial charge on any atom is -0.316 e. The van der Waals surface area contributed by atoms with Gasteiger partial charge in [0.2, 0.25) is 0 Å². The molecular weight excluding hydrogens is 264 g/mol. The van der Waals surface area contributed by atoms with Crippen LogP contribution in [0.25, 0.3) is 0 Å². The highest BCUT2D eigenvalue weighted by Crippen LogP contribution is 2.41. The summed E-state index contributed by atoms with van der Waals surface area (Å²) in [4.78, 5) is 5.78. The summed E-state index contributed by atoms with van der Waals surface area (Å²) >= 11 is 1.63. The van der Waals surface area contributed by atoms with Crippen LogP contribution >= 0.6 is 11.9 Å². The van der Waals surface area contributed by atoms with Crippen LogP contribution in [0.3, 0.4) is 0 Å². The molecule has 0 amide bonds. The van der Waals surface area contributed by atoms with Crippen LogP contribution in [0, 0.1) is 13.8 Å². The molecular formula is C17H18N2S. The van der Waals surface area contributed by atoms with E-state index in [4.69, 9.17) is 0 Å². The molecule has 0 fully saturated rings. The summed E-state index contributed by atoms with van der Waals surface area (Å²) in [6.45, 7) is 6.62. The number of aryl methyl sites for hydroxylation is 2. The number of fused-ring (bicyclic) bond motifs is 1. The highest BCUT2D eigenvalue weighted by atomic mass is 32.2. The van der Waals surface area contributed by atoms with Crippen LogP contribution in [-0.4, -0.2) is 6.34 Å². The molecule has 0 aliphatic carbocycles. The number of hydrogen-bond donors (Lipinski definition) is 1. The summed E-state index contributed by atoms with van der Waals surface area (Å²) in [5.41, 5.74) is 6.47. The van der Waals surface area contributed by atoms with Crippen molar-refractivity contribution in [3.05, 3.63) is 58.7 Å². The van der Waals surface area contributed by atoms with Crippen molar-refractivity contribution in [2.75, 3.05) is 0 Å². The Morgan fingerprint density at radius 2 is 1.85 bits per heavy atom. The number of hydrogen-bond acceptors (Lipinski definition) is 3. The van der Waals surface area contributed by atoms with E-state index in [1.54, 1.807) is 18.3 Å². The lowest BCUT2D eigenvalue weighted by atomic mass is 9.86. The number of aliphatic imine (C=N–C) groups is 1. The van der Waals surface area contributed by atoms with Crippen molar-refractivity contribution in [1.29, 1.82) is 0 Å². The lowest BCUT2D eigenvalue weighted by Crippen LogP contribution is -2.07. The van der Waals surface area contributed by atoms with Gasteiger partial charge in [0.05, 0.1) is 16.9 Å². The van der Waals surface area contributed by atoms with Crippen LogP contribution in [-0.2, 0) is 0 Å². The highest BCUT2D eigenvalue weighted by Gasteiger charge is 2.20. The van der Waals surface area contributed by atoms with Crippen molar-refractivity contribution >= 4 is 24.0 Å². The largest absolute Gasteiger partial charge is 0.316 e. The van der Waals surface area contributed by atoms with E-state index < -0.39 is 0 Å². The molecule has 1 atom stereocenters. The minimum absolute atomic E-state index is 0.349. The van der Waals surface area contributed by atoms with Crippen molar-refractivity contribution in [2.45, 2.75) is 31.6 Å². The van der Waals surface area contributed by atoms with Gasteiger partial charge in [0, 0.05) is 5.92 Å². The predicted molar refractivity (Wildman–Crippen MR) is 87.0 cm³/mol. The fourth-order valence-corrected chi connectivity index (χ4v) is 3.49. The maximum Gasteiger partial charge on any atom is 0.0988 e.